The third kappa shape index (κ3) is 3.99. The van der Waals surface area contributed by atoms with Gasteiger partial charge in [0.2, 0.25) is 0 Å². The fourth-order valence-corrected chi connectivity index (χ4v) is 2.22. The third-order valence-electron chi connectivity index (χ3n) is 3.30. The van der Waals surface area contributed by atoms with E-state index >= 15 is 0 Å². The molecule has 0 aliphatic heterocycles. The summed E-state index contributed by atoms with van der Waals surface area (Å²) >= 11 is 0. The molecule has 0 fully saturated rings. The van der Waals surface area contributed by atoms with Crippen LogP contribution in [0.1, 0.15) is 37.8 Å². The molecule has 0 heterocycles. The Hall–Kier alpha value is -2.02. The zero-order valence-corrected chi connectivity index (χ0v) is 12.3. The highest BCUT2D eigenvalue weighted by Crippen LogP contribution is 2.22. The Morgan fingerprint density at radius 2 is 1.65 bits per heavy atom. The van der Waals surface area contributed by atoms with Crippen LogP contribution >= 0.6 is 0 Å². The maximum atomic E-state index is 5.80. The Kier molecular flexibility index (Phi) is 5.43. The summed E-state index contributed by atoms with van der Waals surface area (Å²) in [7, 11) is 0. The van der Waals surface area contributed by atoms with Crippen LogP contribution in [0.4, 0.5) is 0 Å². The van der Waals surface area contributed by atoms with E-state index in [-0.39, 0.29) is 0 Å². The van der Waals surface area contributed by atoms with E-state index < -0.39 is 0 Å². The van der Waals surface area contributed by atoms with E-state index in [1.165, 1.54) is 16.7 Å². The highest BCUT2D eigenvalue weighted by atomic mass is 16.5. The molecule has 0 aromatic heterocycles. The SMILES string of the molecule is CCC=C(CC)c1ccc(OCc2ccccc2)cc1. The predicted octanol–water partition coefficient (Wildman–Crippen LogP) is 5.47. The van der Waals surface area contributed by atoms with Crippen molar-refractivity contribution in [3.63, 3.8) is 0 Å². The summed E-state index contributed by atoms with van der Waals surface area (Å²) in [6, 6.07) is 18.6. The van der Waals surface area contributed by atoms with Crippen LogP contribution in [0.2, 0.25) is 0 Å². The molecular weight excluding hydrogens is 244 g/mol. The van der Waals surface area contributed by atoms with Crippen molar-refractivity contribution in [2.45, 2.75) is 33.3 Å². The zero-order chi connectivity index (χ0) is 14.2. The minimum atomic E-state index is 0.617. The molecule has 0 saturated carbocycles. The van der Waals surface area contributed by atoms with Crippen LogP contribution < -0.4 is 4.74 Å². The molecule has 20 heavy (non-hydrogen) atoms. The number of allylic oxidation sites excluding steroid dienone is 2. The summed E-state index contributed by atoms with van der Waals surface area (Å²) in [4.78, 5) is 0. The Morgan fingerprint density at radius 1 is 0.950 bits per heavy atom. The van der Waals surface area contributed by atoms with Crippen molar-refractivity contribution < 1.29 is 4.74 Å². The first-order valence-electron chi connectivity index (χ1n) is 7.29. The summed E-state index contributed by atoms with van der Waals surface area (Å²) in [6.45, 7) is 4.99. The molecule has 104 valence electrons. The first-order valence-corrected chi connectivity index (χ1v) is 7.29. The van der Waals surface area contributed by atoms with Crippen LogP contribution in [0, 0.1) is 0 Å². The van der Waals surface area contributed by atoms with Crippen LogP contribution in [0.3, 0.4) is 0 Å². The van der Waals surface area contributed by atoms with Crippen molar-refractivity contribution in [1.82, 2.24) is 0 Å². The van der Waals surface area contributed by atoms with E-state index in [0.29, 0.717) is 6.61 Å². The van der Waals surface area contributed by atoms with Crippen molar-refractivity contribution in [3.05, 3.63) is 71.8 Å². The predicted molar refractivity (Wildman–Crippen MR) is 85.8 cm³/mol. The quantitative estimate of drug-likeness (QED) is 0.673. The molecule has 1 heteroatoms. The van der Waals surface area contributed by atoms with Gasteiger partial charge in [-0.05, 0) is 41.7 Å². The van der Waals surface area contributed by atoms with Crippen LogP contribution in [-0.2, 0) is 6.61 Å². The fraction of sp³-hybridized carbons (Fsp3) is 0.263. The van der Waals surface area contributed by atoms with Gasteiger partial charge in [-0.3, -0.25) is 0 Å². The van der Waals surface area contributed by atoms with Crippen LogP contribution in [0.25, 0.3) is 5.57 Å². The molecule has 0 atom stereocenters. The van der Waals surface area contributed by atoms with Crippen molar-refractivity contribution in [3.8, 4) is 5.75 Å². The maximum Gasteiger partial charge on any atom is 0.119 e. The molecule has 2 aromatic carbocycles. The van der Waals surface area contributed by atoms with Gasteiger partial charge in [-0.15, -0.1) is 0 Å². The number of hydrogen-bond donors (Lipinski definition) is 0. The molecule has 1 nitrogen and oxygen atoms in total. The topological polar surface area (TPSA) is 9.23 Å². The van der Waals surface area contributed by atoms with Gasteiger partial charge >= 0.3 is 0 Å². The summed E-state index contributed by atoms with van der Waals surface area (Å²) < 4.78 is 5.80. The van der Waals surface area contributed by atoms with Crippen LogP contribution in [0.15, 0.2) is 60.7 Å². The summed E-state index contributed by atoms with van der Waals surface area (Å²) in [5.74, 6) is 0.921. The monoisotopic (exact) mass is 266 g/mol. The Bertz CT molecular complexity index is 538. The summed E-state index contributed by atoms with van der Waals surface area (Å²) in [5, 5.41) is 0. The van der Waals surface area contributed by atoms with E-state index in [4.69, 9.17) is 4.74 Å². The molecule has 0 radical (unpaired) electrons. The molecule has 0 aliphatic rings. The highest BCUT2D eigenvalue weighted by molar-refractivity contribution is 5.65. The lowest BCUT2D eigenvalue weighted by molar-refractivity contribution is 0.306. The molecule has 0 saturated heterocycles. The van der Waals surface area contributed by atoms with Crippen molar-refractivity contribution in [1.29, 1.82) is 0 Å². The van der Waals surface area contributed by atoms with Gasteiger partial charge in [0, 0.05) is 0 Å². The molecule has 0 spiro atoms. The molecule has 2 rings (SSSR count). The molecule has 0 bridgehead atoms. The van der Waals surface area contributed by atoms with E-state index in [2.05, 4.69) is 56.3 Å². The molecule has 0 unspecified atom stereocenters. The largest absolute Gasteiger partial charge is 0.489 e. The van der Waals surface area contributed by atoms with E-state index in [9.17, 15) is 0 Å². The second-order valence-electron chi connectivity index (χ2n) is 4.79. The first kappa shape index (κ1) is 14.4. The van der Waals surface area contributed by atoms with Gasteiger partial charge in [0.1, 0.15) is 12.4 Å². The Balaban J connectivity index is 2.00. The molecule has 2 aromatic rings. The molecular formula is C19H22O. The minimum absolute atomic E-state index is 0.617. The van der Waals surface area contributed by atoms with Crippen molar-refractivity contribution in [2.75, 3.05) is 0 Å². The van der Waals surface area contributed by atoms with E-state index in [0.717, 1.165) is 18.6 Å². The number of hydrogen-bond acceptors (Lipinski definition) is 1. The number of benzene rings is 2. The fourth-order valence-electron chi connectivity index (χ4n) is 2.22. The smallest absolute Gasteiger partial charge is 0.119 e. The van der Waals surface area contributed by atoms with E-state index in [1.807, 2.05) is 18.2 Å². The average Bonchev–Trinajstić information content (AvgIpc) is 2.52. The second kappa shape index (κ2) is 7.54. The molecule has 0 aliphatic carbocycles. The van der Waals surface area contributed by atoms with Crippen molar-refractivity contribution >= 4 is 5.57 Å². The number of rotatable bonds is 6. The van der Waals surface area contributed by atoms with Crippen LogP contribution in [0.5, 0.6) is 5.75 Å². The number of ether oxygens (including phenoxy) is 1. The van der Waals surface area contributed by atoms with Crippen LogP contribution in [-0.4, -0.2) is 0 Å². The zero-order valence-electron chi connectivity index (χ0n) is 12.3. The lowest BCUT2D eigenvalue weighted by Gasteiger charge is -2.09. The van der Waals surface area contributed by atoms with E-state index in [1.54, 1.807) is 0 Å². The second-order valence-corrected chi connectivity index (χ2v) is 4.79. The Labute approximate surface area is 121 Å². The standard InChI is InChI=1S/C19H22O/c1-3-8-17(4-2)18-11-13-19(14-12-18)20-15-16-9-6-5-7-10-16/h5-14H,3-4,15H2,1-2H3. The molecule has 0 N–H and O–H groups in total. The highest BCUT2D eigenvalue weighted by Gasteiger charge is 2.00. The van der Waals surface area contributed by atoms with Gasteiger partial charge in [0.25, 0.3) is 0 Å². The summed E-state index contributed by atoms with van der Waals surface area (Å²) in [5.41, 5.74) is 3.89. The molecule has 0 amide bonds. The van der Waals surface area contributed by atoms with Gasteiger partial charge in [-0.2, -0.15) is 0 Å². The van der Waals surface area contributed by atoms with Gasteiger partial charge in [0.15, 0.2) is 0 Å². The maximum absolute atomic E-state index is 5.80. The van der Waals surface area contributed by atoms with Gasteiger partial charge in [0.05, 0.1) is 0 Å². The van der Waals surface area contributed by atoms with Gasteiger partial charge < -0.3 is 4.74 Å². The normalized spacial score (nSPS) is 11.4. The lowest BCUT2D eigenvalue weighted by atomic mass is 10.0. The van der Waals surface area contributed by atoms with Gasteiger partial charge in [-0.1, -0.05) is 62.4 Å². The minimum Gasteiger partial charge on any atom is -0.489 e. The van der Waals surface area contributed by atoms with Crippen molar-refractivity contribution in [2.24, 2.45) is 0 Å². The summed E-state index contributed by atoms with van der Waals surface area (Å²) in [6.07, 6.45) is 4.44. The lowest BCUT2D eigenvalue weighted by Crippen LogP contribution is -1.95. The Morgan fingerprint density at radius 3 is 2.25 bits per heavy atom. The average molecular weight is 266 g/mol. The third-order valence-corrected chi connectivity index (χ3v) is 3.30. The first-order chi connectivity index (χ1) is 9.83. The van der Waals surface area contributed by atoms with Gasteiger partial charge in [-0.25, -0.2) is 0 Å².